The number of carbonyl (C=O) groups is 3. The summed E-state index contributed by atoms with van der Waals surface area (Å²) in [5, 5.41) is 18.4. The van der Waals surface area contributed by atoms with Crippen molar-refractivity contribution in [3.8, 4) is 5.75 Å². The zero-order chi connectivity index (χ0) is 12.6. The normalized spacial score (nSPS) is 15.4. The fraction of sp³-hybridized carbons (Fsp3) is 0.182. The molecule has 0 bridgehead atoms. The molecule has 1 amide bonds. The van der Waals surface area contributed by atoms with Crippen LogP contribution in [0.15, 0.2) is 18.2 Å². The molecular weight excluding hydrogens is 226 g/mol. The summed E-state index contributed by atoms with van der Waals surface area (Å²) in [6.07, 6.45) is -0.212. The fourth-order valence-electron chi connectivity index (χ4n) is 1.68. The van der Waals surface area contributed by atoms with Crippen molar-refractivity contribution in [2.75, 3.05) is 11.4 Å². The van der Waals surface area contributed by atoms with E-state index < -0.39 is 11.9 Å². The molecular formula is C11H9NO5. The minimum absolute atomic E-state index is 0.0510. The lowest BCUT2D eigenvalue weighted by molar-refractivity contribution is -0.121. The summed E-state index contributed by atoms with van der Waals surface area (Å²) in [6, 6.07) is 3.59. The summed E-state index contributed by atoms with van der Waals surface area (Å²) >= 11 is 0. The van der Waals surface area contributed by atoms with E-state index >= 15 is 0 Å². The van der Waals surface area contributed by atoms with Gasteiger partial charge in [-0.1, -0.05) is 0 Å². The Bertz CT molecular complexity index is 523. The topological polar surface area (TPSA) is 94.9 Å². The standard InChI is InChI=1S/C11H9NO5/c13-7-4-10(15)12(5-7)8-3-6(11(16)17)1-2-9(8)14/h1-3,14H,4-5H2,(H,16,17). The molecule has 0 spiro atoms. The molecule has 0 saturated carbocycles. The first-order valence-electron chi connectivity index (χ1n) is 4.87. The first-order valence-corrected chi connectivity index (χ1v) is 4.87. The number of carboxylic acid groups (broad SMARTS) is 1. The van der Waals surface area contributed by atoms with Crippen LogP contribution < -0.4 is 4.90 Å². The summed E-state index contributed by atoms with van der Waals surface area (Å²) in [4.78, 5) is 34.4. The number of nitrogens with zero attached hydrogens (tertiary/aromatic N) is 1. The molecule has 0 atom stereocenters. The zero-order valence-corrected chi connectivity index (χ0v) is 8.71. The van der Waals surface area contributed by atoms with Crippen LogP contribution in [0.25, 0.3) is 0 Å². The molecule has 1 fully saturated rings. The number of benzene rings is 1. The summed E-state index contributed by atoms with van der Waals surface area (Å²) < 4.78 is 0. The largest absolute Gasteiger partial charge is 0.506 e. The number of ketones is 1. The number of amides is 1. The Balaban J connectivity index is 2.44. The number of rotatable bonds is 2. The van der Waals surface area contributed by atoms with Gasteiger partial charge in [0.25, 0.3) is 0 Å². The number of hydrogen-bond donors (Lipinski definition) is 2. The summed E-state index contributed by atoms with van der Waals surface area (Å²) in [5.41, 5.74) is 0.00528. The summed E-state index contributed by atoms with van der Waals surface area (Å²) in [7, 11) is 0. The molecule has 0 unspecified atom stereocenters. The van der Waals surface area contributed by atoms with E-state index in [9.17, 15) is 19.5 Å². The van der Waals surface area contributed by atoms with Crippen LogP contribution >= 0.6 is 0 Å². The van der Waals surface area contributed by atoms with Gasteiger partial charge in [-0.3, -0.25) is 9.59 Å². The van der Waals surface area contributed by atoms with Gasteiger partial charge >= 0.3 is 5.97 Å². The molecule has 6 heteroatoms. The van der Waals surface area contributed by atoms with Crippen molar-refractivity contribution < 1.29 is 24.6 Å². The van der Waals surface area contributed by atoms with Crippen LogP contribution in [0.5, 0.6) is 5.75 Å². The van der Waals surface area contributed by atoms with E-state index in [2.05, 4.69) is 0 Å². The number of carbonyl (C=O) groups excluding carboxylic acids is 2. The zero-order valence-electron chi connectivity index (χ0n) is 8.71. The highest BCUT2D eigenvalue weighted by Crippen LogP contribution is 2.30. The highest BCUT2D eigenvalue weighted by molar-refractivity contribution is 6.15. The van der Waals surface area contributed by atoms with Gasteiger partial charge in [-0.25, -0.2) is 4.79 Å². The van der Waals surface area contributed by atoms with Gasteiger partial charge in [0.15, 0.2) is 5.78 Å². The van der Waals surface area contributed by atoms with Gasteiger partial charge < -0.3 is 15.1 Å². The smallest absolute Gasteiger partial charge is 0.335 e. The Kier molecular flexibility index (Phi) is 2.55. The van der Waals surface area contributed by atoms with E-state index in [1.165, 1.54) is 18.2 Å². The number of Topliss-reactive ketones (excluding diaryl/α,β-unsaturated/α-hetero) is 1. The molecule has 1 aliphatic rings. The summed E-state index contributed by atoms with van der Waals surface area (Å²) in [6.45, 7) is -0.129. The van der Waals surface area contributed by atoms with Crippen LogP contribution in [0.4, 0.5) is 5.69 Å². The molecule has 17 heavy (non-hydrogen) atoms. The Morgan fingerprint density at radius 3 is 2.53 bits per heavy atom. The SMILES string of the molecule is O=C1CC(=O)N(c2cc(C(=O)O)ccc2O)C1. The van der Waals surface area contributed by atoms with E-state index in [1.807, 2.05) is 0 Å². The lowest BCUT2D eigenvalue weighted by Crippen LogP contribution is -2.24. The van der Waals surface area contributed by atoms with Gasteiger partial charge in [0, 0.05) is 0 Å². The van der Waals surface area contributed by atoms with Crippen molar-refractivity contribution in [1.82, 2.24) is 0 Å². The van der Waals surface area contributed by atoms with Gasteiger partial charge in [-0.15, -0.1) is 0 Å². The van der Waals surface area contributed by atoms with Crippen molar-refractivity contribution in [3.63, 3.8) is 0 Å². The summed E-state index contributed by atoms with van der Waals surface area (Å²) in [5.74, 6) is -2.08. The minimum atomic E-state index is -1.16. The first-order chi connectivity index (χ1) is 7.99. The highest BCUT2D eigenvalue weighted by atomic mass is 16.4. The van der Waals surface area contributed by atoms with Gasteiger partial charge in [0.05, 0.1) is 24.2 Å². The molecule has 1 aliphatic heterocycles. The molecule has 88 valence electrons. The Morgan fingerprint density at radius 2 is 2.00 bits per heavy atom. The van der Waals surface area contributed by atoms with Gasteiger partial charge in [-0.2, -0.15) is 0 Å². The third-order valence-corrected chi connectivity index (χ3v) is 2.50. The molecule has 1 heterocycles. The Morgan fingerprint density at radius 1 is 1.29 bits per heavy atom. The predicted molar refractivity (Wildman–Crippen MR) is 57.0 cm³/mol. The molecule has 6 nitrogen and oxygen atoms in total. The maximum absolute atomic E-state index is 11.5. The fourth-order valence-corrected chi connectivity index (χ4v) is 1.68. The number of carboxylic acids is 1. The Hall–Kier alpha value is -2.37. The quantitative estimate of drug-likeness (QED) is 0.723. The lowest BCUT2D eigenvalue weighted by Gasteiger charge is -2.16. The number of aromatic hydroxyl groups is 1. The number of anilines is 1. The number of phenolic OH excluding ortho intramolecular Hbond substituents is 1. The van der Waals surface area contributed by atoms with Crippen LogP contribution in [-0.4, -0.2) is 34.4 Å². The second-order valence-electron chi connectivity index (χ2n) is 3.70. The Labute approximate surface area is 96.1 Å². The molecule has 0 aromatic heterocycles. The second kappa shape index (κ2) is 3.89. The first kappa shape index (κ1) is 11.1. The third-order valence-electron chi connectivity index (χ3n) is 2.50. The lowest BCUT2D eigenvalue weighted by atomic mass is 10.1. The van der Waals surface area contributed by atoms with Crippen molar-refractivity contribution in [2.45, 2.75) is 6.42 Å². The van der Waals surface area contributed by atoms with E-state index in [1.54, 1.807) is 0 Å². The van der Waals surface area contributed by atoms with Gasteiger partial charge in [0.1, 0.15) is 5.75 Å². The maximum atomic E-state index is 11.5. The molecule has 1 aromatic carbocycles. The molecule has 1 saturated heterocycles. The average Bonchev–Trinajstić information content (AvgIpc) is 2.58. The van der Waals surface area contributed by atoms with E-state index in [-0.39, 0.29) is 35.7 Å². The third kappa shape index (κ3) is 1.96. The molecule has 2 N–H and O–H groups in total. The number of aromatic carboxylic acids is 1. The van der Waals surface area contributed by atoms with Crippen molar-refractivity contribution in [3.05, 3.63) is 23.8 Å². The minimum Gasteiger partial charge on any atom is -0.506 e. The van der Waals surface area contributed by atoms with Crippen LogP contribution in [0.1, 0.15) is 16.8 Å². The van der Waals surface area contributed by atoms with Crippen LogP contribution in [-0.2, 0) is 9.59 Å². The van der Waals surface area contributed by atoms with Crippen LogP contribution in [0, 0.1) is 0 Å². The van der Waals surface area contributed by atoms with Crippen molar-refractivity contribution >= 4 is 23.3 Å². The van der Waals surface area contributed by atoms with Gasteiger partial charge in [0.2, 0.25) is 5.91 Å². The van der Waals surface area contributed by atoms with Crippen LogP contribution in [0.2, 0.25) is 0 Å². The van der Waals surface area contributed by atoms with Gasteiger partial charge in [-0.05, 0) is 18.2 Å². The van der Waals surface area contributed by atoms with Crippen molar-refractivity contribution in [2.24, 2.45) is 0 Å². The number of phenols is 1. The highest BCUT2D eigenvalue weighted by Gasteiger charge is 2.30. The van der Waals surface area contributed by atoms with E-state index in [0.717, 1.165) is 4.90 Å². The van der Waals surface area contributed by atoms with Crippen LogP contribution in [0.3, 0.4) is 0 Å². The predicted octanol–water partition coefficient (Wildman–Crippen LogP) is 0.396. The molecule has 2 rings (SSSR count). The molecule has 1 aromatic rings. The number of hydrogen-bond acceptors (Lipinski definition) is 4. The van der Waals surface area contributed by atoms with E-state index in [0.29, 0.717) is 0 Å². The molecule has 0 aliphatic carbocycles. The second-order valence-corrected chi connectivity index (χ2v) is 3.70. The van der Waals surface area contributed by atoms with E-state index in [4.69, 9.17) is 5.11 Å². The van der Waals surface area contributed by atoms with Crippen molar-refractivity contribution in [1.29, 1.82) is 0 Å². The maximum Gasteiger partial charge on any atom is 0.335 e. The monoisotopic (exact) mass is 235 g/mol. The average molecular weight is 235 g/mol. The molecule has 0 radical (unpaired) electrons.